The Kier molecular flexibility index (Phi) is 18.9. The van der Waals surface area contributed by atoms with Crippen molar-refractivity contribution >= 4 is 120 Å². The number of hydrogen-bond donors (Lipinski definition) is 6. The average Bonchev–Trinajstić information content (AvgIpc) is 3.30. The van der Waals surface area contributed by atoms with Crippen LogP contribution in [0.3, 0.4) is 0 Å². The third-order valence-corrected chi connectivity index (χ3v) is 13.4. The fraction of sp³-hybridized carbons (Fsp3) is 0.0435. The summed E-state index contributed by atoms with van der Waals surface area (Å²) in [5.74, 6) is -2.27. The maximum absolute atomic E-state index is 14.0. The van der Waals surface area contributed by atoms with Gasteiger partial charge in [-0.2, -0.15) is 32.2 Å². The molecule has 0 aliphatic carbocycles. The second-order valence-corrected chi connectivity index (χ2v) is 20.0. The van der Waals surface area contributed by atoms with Gasteiger partial charge in [-0.1, -0.05) is 29.7 Å². The largest absolute Gasteiger partial charge is 1.00 e. The zero-order valence-corrected chi connectivity index (χ0v) is 48.6. The van der Waals surface area contributed by atoms with Crippen molar-refractivity contribution in [2.75, 3.05) is 22.9 Å². The number of azo groups is 4. The topological polar surface area (TPSA) is 415 Å². The molecule has 23 nitrogen and oxygen atoms in total. The van der Waals surface area contributed by atoms with Crippen LogP contribution in [0.5, 0.6) is 11.5 Å². The molecule has 0 radical (unpaired) electrons. The molecule has 0 saturated carbocycles. The molecule has 0 fully saturated rings. The van der Waals surface area contributed by atoms with Gasteiger partial charge in [0.2, 0.25) is 0 Å². The summed E-state index contributed by atoms with van der Waals surface area (Å²) < 4.78 is 108. The Morgan fingerprint density at radius 3 is 1.28 bits per heavy atom. The van der Waals surface area contributed by atoms with Crippen molar-refractivity contribution in [1.82, 2.24) is 0 Å². The fourth-order valence-electron chi connectivity index (χ4n) is 7.24. The van der Waals surface area contributed by atoms with Gasteiger partial charge in [-0.15, -0.1) is 25.6 Å². The molecule has 8 rings (SSSR count). The molecule has 366 valence electrons. The number of nitrogens with two attached hydrogens (primary N) is 4. The van der Waals surface area contributed by atoms with Gasteiger partial charge >= 0.3 is 88.7 Å². The molecule has 8 aromatic carbocycles. The molecule has 0 aliphatic heterocycles. The number of hydrogen-bond acceptors (Lipinski definition) is 21. The first-order valence-corrected chi connectivity index (χ1v) is 24.8. The van der Waals surface area contributed by atoms with Crippen molar-refractivity contribution in [3.63, 3.8) is 0 Å². The summed E-state index contributed by atoms with van der Waals surface area (Å²) in [4.78, 5) is -3.01. The Morgan fingerprint density at radius 1 is 0.427 bits per heavy atom. The molecule has 0 spiro atoms. The first-order valence-electron chi connectivity index (χ1n) is 20.5. The number of fused-ring (bicyclic) bond motifs is 2. The second-order valence-electron chi connectivity index (χ2n) is 15.9. The molecule has 8 aromatic rings. The minimum Gasteiger partial charge on any atom is -0.871 e. The van der Waals surface area contributed by atoms with E-state index in [0.717, 1.165) is 34.9 Å². The summed E-state index contributed by atoms with van der Waals surface area (Å²) in [5, 5.41) is 58.8. The Hall–Kier alpha value is -5.79. The molecule has 0 unspecified atom stereocenters. The van der Waals surface area contributed by atoms with E-state index >= 15 is 0 Å². The quantitative estimate of drug-likeness (QED) is 0.0427. The summed E-state index contributed by atoms with van der Waals surface area (Å²) in [6.07, 6.45) is 0. The van der Waals surface area contributed by atoms with Gasteiger partial charge < -0.3 is 37.7 Å². The number of aryl methyl sites for hydroxylation is 2. The van der Waals surface area contributed by atoms with E-state index in [1.54, 1.807) is 49.4 Å². The maximum atomic E-state index is 14.0. The first-order chi connectivity index (χ1) is 33.8. The molecular weight excluding hydrogens is 1060 g/mol. The zero-order chi connectivity index (χ0) is 52.0. The molecule has 75 heavy (non-hydrogen) atoms. The minimum atomic E-state index is -5.35. The van der Waals surface area contributed by atoms with E-state index in [9.17, 15) is 49.1 Å². The monoisotopic (exact) mass is 1100 g/mol. The summed E-state index contributed by atoms with van der Waals surface area (Å²) in [7, 11) is -15.7. The van der Waals surface area contributed by atoms with Crippen LogP contribution in [0.15, 0.2) is 171 Å². The summed E-state index contributed by atoms with van der Waals surface area (Å²) in [5.41, 5.74) is 26.2. The number of rotatable bonds is 12. The van der Waals surface area contributed by atoms with Crippen LogP contribution in [-0.2, 0) is 30.4 Å². The molecule has 29 heteroatoms. The number of nitrogen functional groups attached to an aromatic ring is 4. The fourth-order valence-corrected chi connectivity index (χ4v) is 9.17. The Labute approximate surface area is 494 Å². The van der Waals surface area contributed by atoms with Crippen molar-refractivity contribution in [1.29, 1.82) is 0 Å². The molecular formula is C46H35N12Na3O11S3. The average molecular weight is 1100 g/mol. The zero-order valence-electron chi connectivity index (χ0n) is 40.2. The molecule has 0 bridgehead atoms. The van der Waals surface area contributed by atoms with Crippen molar-refractivity contribution < 1.29 is 138 Å². The smallest absolute Gasteiger partial charge is 0.871 e. The molecule has 0 heterocycles. The van der Waals surface area contributed by atoms with Crippen LogP contribution >= 0.6 is 0 Å². The standard InChI is InChI=1S/C46H38N12O11S3.3Na/c1-22-13-24(4-9-35(22)52-54-37-11-6-28(47)18-33(37)49)25-5-10-36(23(2)14-25)53-58-44-41(71(64,65)66)15-26-3-8-30(20-31(26)45(44)59)51-57-43-42(72(67,68)69)17-27-16-40(70(61,62)63)39(21-32(27)46(43)60)56-55-38-12-7-29(48)19-34(38)50;;;/h3-21,59-60H,47-50H2,1-2H3,(H,61,62,63)(H,64,65,66)(H,67,68,69);;;/q;3*+1/p-3. The summed E-state index contributed by atoms with van der Waals surface area (Å²) in [6, 6.07) is 26.3. The van der Waals surface area contributed by atoms with Crippen LogP contribution in [0.2, 0.25) is 0 Å². The van der Waals surface area contributed by atoms with E-state index in [0.29, 0.717) is 40.4 Å². The first kappa shape index (κ1) is 60.1. The van der Waals surface area contributed by atoms with Crippen LogP contribution in [0.25, 0.3) is 32.7 Å². The van der Waals surface area contributed by atoms with E-state index < -0.39 is 84.4 Å². The number of anilines is 4. The third-order valence-electron chi connectivity index (χ3n) is 10.8. The van der Waals surface area contributed by atoms with Gasteiger partial charge in [-0.25, -0.2) is 8.42 Å². The van der Waals surface area contributed by atoms with Gasteiger partial charge in [0.1, 0.15) is 37.0 Å². The maximum Gasteiger partial charge on any atom is 1.00 e. The molecule has 0 aliphatic rings. The predicted molar refractivity (Wildman–Crippen MR) is 263 cm³/mol. The second kappa shape index (κ2) is 23.6. The van der Waals surface area contributed by atoms with Gasteiger partial charge in [0.15, 0.2) is 0 Å². The molecule has 0 amide bonds. The van der Waals surface area contributed by atoms with Crippen molar-refractivity contribution in [3.8, 4) is 22.6 Å². The summed E-state index contributed by atoms with van der Waals surface area (Å²) in [6.45, 7) is 3.56. The van der Waals surface area contributed by atoms with Gasteiger partial charge in [0.25, 0.3) is 20.2 Å². The van der Waals surface area contributed by atoms with Crippen molar-refractivity contribution in [2.24, 2.45) is 40.9 Å². The third kappa shape index (κ3) is 13.4. The van der Waals surface area contributed by atoms with E-state index in [4.69, 9.17) is 22.9 Å². The molecule has 0 saturated heterocycles. The van der Waals surface area contributed by atoms with Crippen LogP contribution < -0.4 is 122 Å². The normalized spacial score (nSPS) is 12.2. The van der Waals surface area contributed by atoms with Crippen molar-refractivity contribution in [3.05, 3.63) is 126 Å². The van der Waals surface area contributed by atoms with Gasteiger partial charge in [0.05, 0.1) is 44.7 Å². The van der Waals surface area contributed by atoms with Crippen LogP contribution in [-0.4, -0.2) is 38.9 Å². The van der Waals surface area contributed by atoms with E-state index in [1.165, 1.54) is 30.3 Å². The van der Waals surface area contributed by atoms with Crippen LogP contribution in [0, 0.1) is 13.8 Å². The summed E-state index contributed by atoms with van der Waals surface area (Å²) >= 11 is 0. The van der Waals surface area contributed by atoms with Gasteiger partial charge in [0, 0.05) is 11.4 Å². The SMILES string of the molecule is Cc1cc(-c2ccc(N=Nc3c(S(=O)(=O)O)cc4ccc(N=Nc5c(S(=O)(=O)O)cc6cc(S(=O)(=O)[O-])c(N=Nc7ccc(N)cc7N)cc6c5[O-])cc4c3[O-])c(C)c2)ccc1N=Nc1ccc(N)cc1N.[Na+].[Na+].[Na+]. The molecule has 0 atom stereocenters. The van der Waals surface area contributed by atoms with E-state index in [-0.39, 0.29) is 128 Å². The minimum absolute atomic E-state index is 0. The van der Waals surface area contributed by atoms with Gasteiger partial charge in [-0.3, -0.25) is 9.11 Å². The Bertz CT molecular complexity index is 4090. The number of nitrogens with zero attached hydrogens (tertiary/aromatic N) is 8. The van der Waals surface area contributed by atoms with E-state index in [1.807, 2.05) is 19.1 Å². The van der Waals surface area contributed by atoms with Crippen molar-refractivity contribution in [2.45, 2.75) is 28.5 Å². The molecule has 10 N–H and O–H groups in total. The number of benzene rings is 8. The molecule has 0 aromatic heterocycles. The van der Waals surface area contributed by atoms with Crippen LogP contribution in [0.1, 0.15) is 11.1 Å². The van der Waals surface area contributed by atoms with Gasteiger partial charge in [-0.05, 0) is 155 Å². The van der Waals surface area contributed by atoms with E-state index in [2.05, 4.69) is 40.9 Å². The Balaban J connectivity index is 0.00000347. The Morgan fingerprint density at radius 2 is 0.827 bits per heavy atom. The van der Waals surface area contributed by atoms with Crippen LogP contribution in [0.4, 0.5) is 68.2 Å². The predicted octanol–water partition coefficient (Wildman–Crippen LogP) is 0.824.